The molecule has 0 radical (unpaired) electrons. The average molecular weight is 207 g/mol. The number of anilines is 1. The average Bonchev–Trinajstić information content (AvgIpc) is 2.23. The molecule has 0 saturated carbocycles. The summed E-state index contributed by atoms with van der Waals surface area (Å²) in [4.78, 5) is 1.96. The Labute approximate surface area is 88.7 Å². The fourth-order valence-electron chi connectivity index (χ4n) is 1.84. The summed E-state index contributed by atoms with van der Waals surface area (Å²) in [5, 5.41) is 8.71. The Morgan fingerprint density at radius 3 is 3.07 bits per heavy atom. The van der Waals surface area contributed by atoms with Crippen LogP contribution in [0.15, 0.2) is 24.3 Å². The lowest BCUT2D eigenvalue weighted by Crippen LogP contribution is -2.35. The summed E-state index contributed by atoms with van der Waals surface area (Å²) in [6, 6.07) is 10.3. The van der Waals surface area contributed by atoms with Crippen LogP contribution in [0.25, 0.3) is 0 Å². The minimum absolute atomic E-state index is 0.0375. The van der Waals surface area contributed by atoms with Crippen LogP contribution in [0.4, 0.5) is 5.69 Å². The number of para-hydroxylation sites is 1. The maximum atomic E-state index is 8.71. The molecule has 1 aromatic carbocycles. The van der Waals surface area contributed by atoms with Crippen LogP contribution in [0.2, 0.25) is 0 Å². The van der Waals surface area contributed by atoms with Crippen molar-refractivity contribution in [3.05, 3.63) is 29.8 Å². The fourth-order valence-corrected chi connectivity index (χ4v) is 2.13. The monoisotopic (exact) mass is 206 g/mol. The van der Waals surface area contributed by atoms with Crippen molar-refractivity contribution in [2.24, 2.45) is 0 Å². The number of nitriles is 1. The second-order valence-electron chi connectivity index (χ2n) is 3.39. The molecule has 0 fully saturated rings. The van der Waals surface area contributed by atoms with Gasteiger partial charge < -0.3 is 4.90 Å². The van der Waals surface area contributed by atoms with Crippen molar-refractivity contribution in [3.8, 4) is 6.07 Å². The van der Waals surface area contributed by atoms with Crippen LogP contribution in [-0.4, -0.2) is 12.0 Å². The lowest BCUT2D eigenvalue weighted by atomic mass is 10.0. The molecule has 1 aromatic rings. The van der Waals surface area contributed by atoms with Gasteiger partial charge in [0.25, 0.3) is 0 Å². The fraction of sp³-hybridized carbons (Fsp3) is 0.364. The summed E-state index contributed by atoms with van der Waals surface area (Å²) >= 11 is 6.16. The van der Waals surface area contributed by atoms with Gasteiger partial charge in [-0.3, -0.25) is 0 Å². The molecule has 2 rings (SSSR count). The predicted molar refractivity (Wildman–Crippen MR) is 57.4 cm³/mol. The van der Waals surface area contributed by atoms with Crippen molar-refractivity contribution >= 4 is 17.3 Å². The third kappa shape index (κ3) is 1.56. The molecule has 14 heavy (non-hydrogen) atoms. The van der Waals surface area contributed by atoms with Gasteiger partial charge in [-0.15, -0.1) is 0 Å². The molecule has 2 nitrogen and oxygen atoms in total. The van der Waals surface area contributed by atoms with Gasteiger partial charge in [-0.05, 0) is 24.5 Å². The third-order valence-corrected chi connectivity index (χ3v) is 2.99. The van der Waals surface area contributed by atoms with E-state index in [0.717, 1.165) is 18.5 Å². The van der Waals surface area contributed by atoms with Gasteiger partial charge in [0, 0.05) is 5.69 Å². The van der Waals surface area contributed by atoms with Crippen LogP contribution in [0.3, 0.4) is 0 Å². The Balaban J connectivity index is 2.37. The summed E-state index contributed by atoms with van der Waals surface area (Å²) in [7, 11) is 0. The maximum absolute atomic E-state index is 8.71. The van der Waals surface area contributed by atoms with E-state index in [4.69, 9.17) is 16.9 Å². The Morgan fingerprint density at radius 1 is 1.50 bits per heavy atom. The van der Waals surface area contributed by atoms with Crippen molar-refractivity contribution in [2.45, 2.75) is 18.3 Å². The number of rotatable bonds is 1. The highest BCUT2D eigenvalue weighted by molar-refractivity contribution is 6.22. The number of hydrogen-bond acceptors (Lipinski definition) is 2. The normalized spacial score (nSPS) is 20.0. The first-order chi connectivity index (χ1) is 6.83. The van der Waals surface area contributed by atoms with Gasteiger partial charge in [0.2, 0.25) is 0 Å². The summed E-state index contributed by atoms with van der Waals surface area (Å²) in [6.07, 6.45) is 1.92. The highest BCUT2D eigenvalue weighted by Crippen LogP contribution is 2.31. The second kappa shape index (κ2) is 3.89. The minimum Gasteiger partial charge on any atom is -0.342 e. The standard InChI is InChI=1S/C11H11ClN2/c12-11-6-5-9-3-1-2-4-10(9)14(11)8-7-13/h1-4,11H,5-6,8H2/t11-/m0/s1. The third-order valence-electron chi connectivity index (χ3n) is 2.53. The molecule has 1 heterocycles. The van der Waals surface area contributed by atoms with E-state index in [9.17, 15) is 0 Å². The Morgan fingerprint density at radius 2 is 2.29 bits per heavy atom. The molecule has 0 bridgehead atoms. The molecule has 0 aromatic heterocycles. The molecule has 1 aliphatic rings. The van der Waals surface area contributed by atoms with Crippen molar-refractivity contribution in [2.75, 3.05) is 11.4 Å². The van der Waals surface area contributed by atoms with Crippen LogP contribution in [-0.2, 0) is 6.42 Å². The van der Waals surface area contributed by atoms with Crippen LogP contribution in [0, 0.1) is 11.3 Å². The van der Waals surface area contributed by atoms with Crippen LogP contribution >= 0.6 is 11.6 Å². The highest BCUT2D eigenvalue weighted by Gasteiger charge is 2.23. The van der Waals surface area contributed by atoms with Gasteiger partial charge in [-0.25, -0.2) is 0 Å². The zero-order chi connectivity index (χ0) is 9.97. The van der Waals surface area contributed by atoms with E-state index in [-0.39, 0.29) is 5.50 Å². The second-order valence-corrected chi connectivity index (χ2v) is 3.89. The lowest BCUT2D eigenvalue weighted by molar-refractivity contribution is 0.676. The Hall–Kier alpha value is -1.20. The largest absolute Gasteiger partial charge is 0.342 e. The van der Waals surface area contributed by atoms with Crippen molar-refractivity contribution in [3.63, 3.8) is 0 Å². The molecule has 0 aliphatic carbocycles. The van der Waals surface area contributed by atoms with Gasteiger partial charge in [-0.1, -0.05) is 29.8 Å². The minimum atomic E-state index is -0.0375. The predicted octanol–water partition coefficient (Wildman–Crippen LogP) is 2.53. The van der Waals surface area contributed by atoms with E-state index < -0.39 is 0 Å². The first-order valence-corrected chi connectivity index (χ1v) is 5.12. The van der Waals surface area contributed by atoms with Crippen molar-refractivity contribution in [1.82, 2.24) is 0 Å². The van der Waals surface area contributed by atoms with Gasteiger partial charge >= 0.3 is 0 Å². The van der Waals surface area contributed by atoms with Crippen molar-refractivity contribution < 1.29 is 0 Å². The number of alkyl halides is 1. The number of hydrogen-bond donors (Lipinski definition) is 0. The summed E-state index contributed by atoms with van der Waals surface area (Å²) in [5.74, 6) is 0. The molecule has 3 heteroatoms. The van der Waals surface area contributed by atoms with Crippen LogP contribution in [0.5, 0.6) is 0 Å². The van der Waals surface area contributed by atoms with Gasteiger partial charge in [0.15, 0.2) is 0 Å². The first kappa shape index (κ1) is 9.36. The highest BCUT2D eigenvalue weighted by atomic mass is 35.5. The molecule has 0 amide bonds. The van der Waals surface area contributed by atoms with E-state index >= 15 is 0 Å². The molecular weight excluding hydrogens is 196 g/mol. The number of fused-ring (bicyclic) bond motifs is 1. The summed E-state index contributed by atoms with van der Waals surface area (Å²) in [6.45, 7) is 0.366. The smallest absolute Gasteiger partial charge is 0.107 e. The van der Waals surface area contributed by atoms with E-state index in [0.29, 0.717) is 6.54 Å². The molecule has 0 unspecified atom stereocenters. The molecule has 72 valence electrons. The van der Waals surface area contributed by atoms with E-state index in [2.05, 4.69) is 12.1 Å². The number of aryl methyl sites for hydroxylation is 1. The summed E-state index contributed by atoms with van der Waals surface area (Å²) < 4.78 is 0. The van der Waals surface area contributed by atoms with Gasteiger partial charge in [-0.2, -0.15) is 5.26 Å². The quantitative estimate of drug-likeness (QED) is 0.401. The number of benzene rings is 1. The van der Waals surface area contributed by atoms with Crippen LogP contribution in [0.1, 0.15) is 12.0 Å². The summed E-state index contributed by atoms with van der Waals surface area (Å²) in [5.41, 5.74) is 2.37. The van der Waals surface area contributed by atoms with Gasteiger partial charge in [0.1, 0.15) is 12.0 Å². The topological polar surface area (TPSA) is 27.0 Å². The number of nitrogens with zero attached hydrogens (tertiary/aromatic N) is 2. The van der Waals surface area contributed by atoms with Gasteiger partial charge in [0.05, 0.1) is 6.07 Å². The molecular formula is C11H11ClN2. The molecule has 1 atom stereocenters. The first-order valence-electron chi connectivity index (χ1n) is 4.68. The maximum Gasteiger partial charge on any atom is 0.107 e. The molecule has 0 N–H and O–H groups in total. The Bertz CT molecular complexity index is 370. The SMILES string of the molecule is N#CCN1c2ccccc2CC[C@H]1Cl. The lowest BCUT2D eigenvalue weighted by Gasteiger charge is -2.33. The molecule has 1 aliphatic heterocycles. The van der Waals surface area contributed by atoms with E-state index in [1.54, 1.807) is 0 Å². The molecule has 0 saturated heterocycles. The van der Waals surface area contributed by atoms with E-state index in [1.807, 2.05) is 23.1 Å². The van der Waals surface area contributed by atoms with Crippen LogP contribution < -0.4 is 4.90 Å². The van der Waals surface area contributed by atoms with E-state index in [1.165, 1.54) is 5.56 Å². The van der Waals surface area contributed by atoms with Crippen molar-refractivity contribution in [1.29, 1.82) is 5.26 Å². The Kier molecular flexibility index (Phi) is 2.60. The zero-order valence-corrected chi connectivity index (χ0v) is 8.54. The molecule has 0 spiro atoms. The number of halogens is 1. The zero-order valence-electron chi connectivity index (χ0n) is 7.78.